The van der Waals surface area contributed by atoms with Crippen LogP contribution in [0.15, 0.2) is 36.5 Å². The van der Waals surface area contributed by atoms with Gasteiger partial charge in [-0.05, 0) is 67.6 Å². The van der Waals surface area contributed by atoms with Crippen LogP contribution >= 0.6 is 0 Å². The van der Waals surface area contributed by atoms with Crippen LogP contribution in [0.3, 0.4) is 0 Å². The van der Waals surface area contributed by atoms with Crippen molar-refractivity contribution in [2.75, 3.05) is 13.1 Å². The zero-order valence-corrected chi connectivity index (χ0v) is 15.9. The molecule has 0 spiro atoms. The molecular weight excluding hydrogens is 348 g/mol. The molecule has 0 radical (unpaired) electrons. The van der Waals surface area contributed by atoms with Crippen molar-refractivity contribution in [2.45, 2.75) is 32.1 Å². The van der Waals surface area contributed by atoms with E-state index < -0.39 is 0 Å². The summed E-state index contributed by atoms with van der Waals surface area (Å²) in [7, 11) is 0. The molecule has 0 saturated carbocycles. The molecule has 0 atom stereocenters. The predicted octanol–water partition coefficient (Wildman–Crippen LogP) is 4.46. The van der Waals surface area contributed by atoms with Crippen molar-refractivity contribution in [2.24, 2.45) is 0 Å². The van der Waals surface area contributed by atoms with E-state index in [1.807, 2.05) is 12.1 Å². The van der Waals surface area contributed by atoms with Crippen LogP contribution in [0.25, 0.3) is 32.8 Å². The summed E-state index contributed by atoms with van der Waals surface area (Å²) in [6.45, 7) is 11.7. The van der Waals surface area contributed by atoms with Gasteiger partial charge in [0.05, 0.1) is 11.9 Å². The number of aromatic amines is 1. The highest BCUT2D eigenvalue weighted by molar-refractivity contribution is 5.90. The molecule has 0 amide bonds. The van der Waals surface area contributed by atoms with Gasteiger partial charge >= 0.3 is 0 Å². The van der Waals surface area contributed by atoms with Crippen molar-refractivity contribution in [3.63, 3.8) is 0 Å². The predicted molar refractivity (Wildman–Crippen MR) is 111 cm³/mol. The number of hydrogen-bond acceptors (Lipinski definition) is 3. The number of nitrogens with one attached hydrogen (secondary N) is 2. The van der Waals surface area contributed by atoms with Crippen LogP contribution in [0.5, 0.6) is 0 Å². The first-order chi connectivity index (χ1) is 13.8. The summed E-state index contributed by atoms with van der Waals surface area (Å²) in [5.41, 5.74) is 6.42. The summed E-state index contributed by atoms with van der Waals surface area (Å²) in [5.74, 6) is 1.06. The van der Waals surface area contributed by atoms with Crippen LogP contribution in [0.4, 0.5) is 5.82 Å². The highest BCUT2D eigenvalue weighted by atomic mass is 15.3. The van der Waals surface area contributed by atoms with Gasteiger partial charge in [0.1, 0.15) is 5.69 Å². The molecule has 6 heteroatoms. The Hall–Kier alpha value is -3.17. The largest absolute Gasteiger partial charge is 0.360 e. The molecule has 1 aromatic carbocycles. The summed E-state index contributed by atoms with van der Waals surface area (Å²) in [4.78, 5) is 11.3. The standard InChI is InChI=1S/C22H22N6/c1-3-16-17-12-15(14-8-10-24-11-9-14)4-5-18(17)26-22(16)19-6-7-20-25-13-21(23-2)28(20)27-19/h4-7,12-14,24,26H,3,8-11H2,1H3. The normalized spacial score (nSPS) is 15.3. The summed E-state index contributed by atoms with van der Waals surface area (Å²) in [6.07, 6.45) is 4.88. The average Bonchev–Trinajstić information content (AvgIpc) is 3.34. The molecule has 28 heavy (non-hydrogen) atoms. The zero-order chi connectivity index (χ0) is 19.1. The lowest BCUT2D eigenvalue weighted by molar-refractivity contribution is 0.460. The van der Waals surface area contributed by atoms with Crippen LogP contribution in [-0.2, 0) is 6.42 Å². The Kier molecular flexibility index (Phi) is 4.10. The topological polar surface area (TPSA) is 62.4 Å². The van der Waals surface area contributed by atoms with Gasteiger partial charge in [-0.1, -0.05) is 24.7 Å². The monoisotopic (exact) mass is 370 g/mol. The summed E-state index contributed by atoms with van der Waals surface area (Å²) >= 11 is 0. The van der Waals surface area contributed by atoms with Crippen molar-refractivity contribution >= 4 is 22.4 Å². The molecule has 4 heterocycles. The van der Waals surface area contributed by atoms with Gasteiger partial charge in [0.25, 0.3) is 5.82 Å². The maximum absolute atomic E-state index is 7.32. The molecule has 5 rings (SSSR count). The molecule has 4 aromatic rings. The number of H-pyrrole nitrogens is 1. The van der Waals surface area contributed by atoms with E-state index in [1.165, 1.54) is 29.4 Å². The number of imidazole rings is 1. The number of aromatic nitrogens is 4. The zero-order valence-electron chi connectivity index (χ0n) is 15.9. The van der Waals surface area contributed by atoms with Gasteiger partial charge in [0.2, 0.25) is 5.65 Å². The lowest BCUT2D eigenvalue weighted by atomic mass is 9.89. The third-order valence-electron chi connectivity index (χ3n) is 5.81. The number of nitrogens with zero attached hydrogens (tertiary/aromatic N) is 4. The second-order valence-corrected chi connectivity index (χ2v) is 7.38. The molecule has 1 saturated heterocycles. The van der Waals surface area contributed by atoms with Crippen LogP contribution in [0.2, 0.25) is 0 Å². The van der Waals surface area contributed by atoms with Gasteiger partial charge in [0, 0.05) is 17.0 Å². The van der Waals surface area contributed by atoms with E-state index in [0.29, 0.717) is 17.4 Å². The first kappa shape index (κ1) is 17.0. The summed E-state index contributed by atoms with van der Waals surface area (Å²) < 4.78 is 1.62. The molecular formula is C22H22N6. The van der Waals surface area contributed by atoms with E-state index in [9.17, 15) is 0 Å². The summed E-state index contributed by atoms with van der Waals surface area (Å²) in [6, 6.07) is 10.7. The average molecular weight is 370 g/mol. The Morgan fingerprint density at radius 3 is 2.86 bits per heavy atom. The highest BCUT2D eigenvalue weighted by Crippen LogP contribution is 2.34. The third kappa shape index (κ3) is 2.67. The van der Waals surface area contributed by atoms with E-state index in [4.69, 9.17) is 11.7 Å². The van der Waals surface area contributed by atoms with Crippen molar-refractivity contribution in [3.05, 3.63) is 59.1 Å². The fraction of sp³-hybridized carbons (Fsp3) is 0.318. The molecule has 0 bridgehead atoms. The minimum Gasteiger partial charge on any atom is -0.360 e. The molecule has 1 fully saturated rings. The molecule has 0 aliphatic carbocycles. The molecule has 3 aromatic heterocycles. The molecule has 140 valence electrons. The number of benzene rings is 1. The van der Waals surface area contributed by atoms with E-state index in [-0.39, 0.29) is 0 Å². The SMILES string of the molecule is [C-]#[N+]c1cnc2ccc(-c3[nH]c4ccc(C5CCNCC5)cc4c3CC)nn12. The Balaban J connectivity index is 1.64. The van der Waals surface area contributed by atoms with Crippen LogP contribution in [0.1, 0.15) is 36.8 Å². The fourth-order valence-corrected chi connectivity index (χ4v) is 4.33. The Morgan fingerprint density at radius 2 is 2.07 bits per heavy atom. The lowest BCUT2D eigenvalue weighted by Gasteiger charge is -2.23. The Bertz CT molecular complexity index is 1200. The van der Waals surface area contributed by atoms with Gasteiger partial charge in [0.15, 0.2) is 0 Å². The second kappa shape index (κ2) is 6.77. The molecule has 1 aliphatic rings. The van der Waals surface area contributed by atoms with Crippen LogP contribution in [0, 0.1) is 6.57 Å². The van der Waals surface area contributed by atoms with E-state index in [2.05, 4.69) is 45.3 Å². The third-order valence-corrected chi connectivity index (χ3v) is 5.81. The van der Waals surface area contributed by atoms with E-state index >= 15 is 0 Å². The lowest BCUT2D eigenvalue weighted by Crippen LogP contribution is -2.26. The fourth-order valence-electron chi connectivity index (χ4n) is 4.33. The van der Waals surface area contributed by atoms with E-state index in [1.54, 1.807) is 10.7 Å². The Morgan fingerprint density at radius 1 is 1.21 bits per heavy atom. The van der Waals surface area contributed by atoms with Gasteiger partial charge in [-0.2, -0.15) is 0 Å². The van der Waals surface area contributed by atoms with Gasteiger partial charge in [-0.3, -0.25) is 0 Å². The quantitative estimate of drug-likeness (QED) is 0.524. The van der Waals surface area contributed by atoms with Gasteiger partial charge in [-0.15, -0.1) is 4.52 Å². The minimum atomic E-state index is 0.430. The van der Waals surface area contributed by atoms with Gasteiger partial charge in [-0.25, -0.2) is 4.98 Å². The number of hydrogen-bond donors (Lipinski definition) is 2. The Labute approximate surface area is 163 Å². The first-order valence-electron chi connectivity index (χ1n) is 9.86. The number of fused-ring (bicyclic) bond motifs is 2. The molecule has 6 nitrogen and oxygen atoms in total. The first-order valence-corrected chi connectivity index (χ1v) is 9.86. The van der Waals surface area contributed by atoms with Crippen molar-refractivity contribution in [1.29, 1.82) is 0 Å². The van der Waals surface area contributed by atoms with Crippen molar-refractivity contribution in [3.8, 4) is 11.4 Å². The smallest absolute Gasteiger partial charge is 0.275 e. The van der Waals surface area contributed by atoms with Crippen LogP contribution in [-0.4, -0.2) is 32.7 Å². The number of aryl methyl sites for hydroxylation is 1. The molecule has 0 unspecified atom stereocenters. The van der Waals surface area contributed by atoms with Crippen molar-refractivity contribution < 1.29 is 0 Å². The number of piperidine rings is 1. The van der Waals surface area contributed by atoms with Gasteiger partial charge < -0.3 is 15.1 Å². The highest BCUT2D eigenvalue weighted by Gasteiger charge is 2.19. The molecule has 2 N–H and O–H groups in total. The van der Waals surface area contributed by atoms with Crippen LogP contribution < -0.4 is 5.32 Å². The number of rotatable bonds is 3. The van der Waals surface area contributed by atoms with E-state index in [0.717, 1.165) is 36.4 Å². The van der Waals surface area contributed by atoms with Crippen molar-refractivity contribution in [1.82, 2.24) is 24.9 Å². The molecule has 1 aliphatic heterocycles. The minimum absolute atomic E-state index is 0.430. The second-order valence-electron chi connectivity index (χ2n) is 7.38. The maximum Gasteiger partial charge on any atom is 0.275 e. The summed E-state index contributed by atoms with van der Waals surface area (Å²) in [5, 5.41) is 9.43. The maximum atomic E-state index is 7.32.